The third-order valence-corrected chi connectivity index (χ3v) is 6.27. The molecule has 1 aromatic rings. The Morgan fingerprint density at radius 2 is 1.86 bits per heavy atom. The summed E-state index contributed by atoms with van der Waals surface area (Å²) in [7, 11) is 0. The molecule has 0 unspecified atom stereocenters. The van der Waals surface area contributed by atoms with E-state index in [0.717, 1.165) is 12.5 Å². The summed E-state index contributed by atoms with van der Waals surface area (Å²) >= 11 is 3.68. The molecule has 1 aliphatic rings. The normalized spacial score (nSPS) is 23.3. The lowest BCUT2D eigenvalue weighted by Gasteiger charge is -2.39. The van der Waals surface area contributed by atoms with Gasteiger partial charge in [-0.05, 0) is 61.1 Å². The molecule has 2 rings (SSSR count). The Hall–Kier alpha value is -0.340. The maximum atomic E-state index is 3.76. The highest BCUT2D eigenvalue weighted by Gasteiger charge is 2.31. The van der Waals surface area contributed by atoms with Crippen molar-refractivity contribution in [3.8, 4) is 0 Å². The van der Waals surface area contributed by atoms with Gasteiger partial charge >= 0.3 is 0 Å². The number of benzene rings is 1. The third-order valence-electron chi connectivity index (χ3n) is 5.53. The van der Waals surface area contributed by atoms with E-state index in [-0.39, 0.29) is 0 Å². The van der Waals surface area contributed by atoms with Gasteiger partial charge in [0, 0.05) is 17.1 Å². The Morgan fingerprint density at radius 1 is 1.19 bits per heavy atom. The van der Waals surface area contributed by atoms with Crippen LogP contribution in [-0.2, 0) is 6.54 Å². The van der Waals surface area contributed by atoms with Crippen molar-refractivity contribution in [2.45, 2.75) is 72.4 Å². The molecule has 1 aromatic carbocycles. The van der Waals surface area contributed by atoms with E-state index in [1.165, 1.54) is 47.7 Å². The Balaban J connectivity index is 1.81. The smallest absolute Gasteiger partial charge is 0.0222 e. The molecule has 0 spiro atoms. The summed E-state index contributed by atoms with van der Waals surface area (Å²) in [6.45, 7) is 10.3. The summed E-state index contributed by atoms with van der Waals surface area (Å²) in [5.74, 6) is 0.909. The summed E-state index contributed by atoms with van der Waals surface area (Å²) in [4.78, 5) is 0. The fourth-order valence-electron chi connectivity index (χ4n) is 3.42. The van der Waals surface area contributed by atoms with Crippen LogP contribution in [0.15, 0.2) is 22.7 Å². The number of hydrogen-bond acceptors (Lipinski definition) is 1. The van der Waals surface area contributed by atoms with Crippen LogP contribution in [0.1, 0.15) is 64.0 Å². The first-order chi connectivity index (χ1) is 9.92. The Morgan fingerprint density at radius 3 is 2.43 bits per heavy atom. The SMILES string of the molecule is CCC(C)(C)C1CCC(NCc2ccc(C)cc2Br)CC1. The molecule has 2 heteroatoms. The van der Waals surface area contributed by atoms with Gasteiger partial charge in [0.25, 0.3) is 0 Å². The number of hydrogen-bond donors (Lipinski definition) is 1. The van der Waals surface area contributed by atoms with Gasteiger partial charge in [0.05, 0.1) is 0 Å². The largest absolute Gasteiger partial charge is 0.310 e. The predicted molar refractivity (Wildman–Crippen MR) is 95.5 cm³/mol. The molecule has 0 bridgehead atoms. The number of nitrogens with one attached hydrogen (secondary N) is 1. The Labute approximate surface area is 139 Å². The van der Waals surface area contributed by atoms with Crippen molar-refractivity contribution in [3.05, 3.63) is 33.8 Å². The molecule has 1 nitrogen and oxygen atoms in total. The molecule has 1 aliphatic carbocycles. The molecule has 0 amide bonds. The van der Waals surface area contributed by atoms with E-state index < -0.39 is 0 Å². The maximum absolute atomic E-state index is 3.76. The minimum absolute atomic E-state index is 0.519. The minimum atomic E-state index is 0.519. The summed E-state index contributed by atoms with van der Waals surface area (Å²) in [5.41, 5.74) is 3.20. The summed E-state index contributed by atoms with van der Waals surface area (Å²) < 4.78 is 1.23. The van der Waals surface area contributed by atoms with Gasteiger partial charge in [-0.2, -0.15) is 0 Å². The van der Waals surface area contributed by atoms with Gasteiger partial charge in [0.2, 0.25) is 0 Å². The van der Waals surface area contributed by atoms with Crippen molar-refractivity contribution in [3.63, 3.8) is 0 Å². The summed E-state index contributed by atoms with van der Waals surface area (Å²) in [5, 5.41) is 3.76. The zero-order valence-electron chi connectivity index (χ0n) is 14.0. The molecular formula is C19H30BrN. The van der Waals surface area contributed by atoms with E-state index >= 15 is 0 Å². The highest BCUT2D eigenvalue weighted by atomic mass is 79.9. The first-order valence-corrected chi connectivity index (χ1v) is 9.20. The van der Waals surface area contributed by atoms with Crippen LogP contribution in [0.3, 0.4) is 0 Å². The van der Waals surface area contributed by atoms with Gasteiger partial charge in [0.15, 0.2) is 0 Å². The molecule has 0 aromatic heterocycles. The first kappa shape index (κ1) is 17.0. The van der Waals surface area contributed by atoms with Crippen LogP contribution in [0.5, 0.6) is 0 Å². The Bertz CT molecular complexity index is 459. The molecule has 0 saturated heterocycles. The molecule has 1 saturated carbocycles. The fraction of sp³-hybridized carbons (Fsp3) is 0.684. The van der Waals surface area contributed by atoms with Crippen molar-refractivity contribution >= 4 is 15.9 Å². The highest BCUT2D eigenvalue weighted by molar-refractivity contribution is 9.10. The predicted octanol–water partition coefficient (Wildman–Crippen LogP) is 5.84. The fourth-order valence-corrected chi connectivity index (χ4v) is 4.05. The molecule has 1 N–H and O–H groups in total. The van der Waals surface area contributed by atoms with E-state index in [0.29, 0.717) is 11.5 Å². The average Bonchev–Trinajstić information content (AvgIpc) is 2.47. The number of halogens is 1. The van der Waals surface area contributed by atoms with E-state index in [1.807, 2.05) is 0 Å². The molecule has 21 heavy (non-hydrogen) atoms. The van der Waals surface area contributed by atoms with Crippen LogP contribution in [0.25, 0.3) is 0 Å². The van der Waals surface area contributed by atoms with Crippen molar-refractivity contribution in [2.75, 3.05) is 0 Å². The summed E-state index contributed by atoms with van der Waals surface area (Å²) in [6.07, 6.45) is 6.72. The average molecular weight is 352 g/mol. The number of aryl methyl sites for hydroxylation is 1. The van der Waals surface area contributed by atoms with E-state index in [1.54, 1.807) is 0 Å². The van der Waals surface area contributed by atoms with Crippen molar-refractivity contribution in [1.29, 1.82) is 0 Å². The van der Waals surface area contributed by atoms with Crippen LogP contribution < -0.4 is 5.32 Å². The first-order valence-electron chi connectivity index (χ1n) is 8.41. The second-order valence-corrected chi connectivity index (χ2v) is 8.22. The molecule has 118 valence electrons. The van der Waals surface area contributed by atoms with Crippen molar-refractivity contribution < 1.29 is 0 Å². The lowest BCUT2D eigenvalue weighted by atomic mass is 9.69. The zero-order valence-corrected chi connectivity index (χ0v) is 15.6. The quantitative estimate of drug-likeness (QED) is 0.702. The highest BCUT2D eigenvalue weighted by Crippen LogP contribution is 2.40. The van der Waals surface area contributed by atoms with Gasteiger partial charge in [-0.15, -0.1) is 0 Å². The number of rotatable bonds is 5. The van der Waals surface area contributed by atoms with Gasteiger partial charge in [0.1, 0.15) is 0 Å². The molecule has 0 radical (unpaired) electrons. The molecule has 0 atom stereocenters. The monoisotopic (exact) mass is 351 g/mol. The zero-order chi connectivity index (χ0) is 15.5. The van der Waals surface area contributed by atoms with Gasteiger partial charge in [-0.3, -0.25) is 0 Å². The van der Waals surface area contributed by atoms with Gasteiger partial charge in [-0.25, -0.2) is 0 Å². The second-order valence-electron chi connectivity index (χ2n) is 7.37. The Kier molecular flexibility index (Phi) is 5.90. The van der Waals surface area contributed by atoms with E-state index in [9.17, 15) is 0 Å². The minimum Gasteiger partial charge on any atom is -0.310 e. The van der Waals surface area contributed by atoms with E-state index in [4.69, 9.17) is 0 Å². The van der Waals surface area contributed by atoms with Crippen LogP contribution in [0, 0.1) is 18.3 Å². The van der Waals surface area contributed by atoms with Crippen LogP contribution in [0.2, 0.25) is 0 Å². The molecular weight excluding hydrogens is 322 g/mol. The molecule has 1 fully saturated rings. The lowest BCUT2D eigenvalue weighted by molar-refractivity contribution is 0.137. The van der Waals surface area contributed by atoms with Crippen LogP contribution in [-0.4, -0.2) is 6.04 Å². The lowest BCUT2D eigenvalue weighted by Crippen LogP contribution is -2.36. The van der Waals surface area contributed by atoms with Crippen molar-refractivity contribution in [1.82, 2.24) is 5.32 Å². The maximum Gasteiger partial charge on any atom is 0.0222 e. The molecule has 0 heterocycles. The van der Waals surface area contributed by atoms with Gasteiger partial charge in [-0.1, -0.05) is 55.3 Å². The third kappa shape index (κ3) is 4.56. The van der Waals surface area contributed by atoms with Crippen molar-refractivity contribution in [2.24, 2.45) is 11.3 Å². The molecule has 0 aliphatic heterocycles. The van der Waals surface area contributed by atoms with Crippen LogP contribution in [0.4, 0.5) is 0 Å². The second kappa shape index (κ2) is 7.28. The van der Waals surface area contributed by atoms with Gasteiger partial charge < -0.3 is 5.32 Å². The topological polar surface area (TPSA) is 12.0 Å². The van der Waals surface area contributed by atoms with E-state index in [2.05, 4.69) is 67.1 Å². The van der Waals surface area contributed by atoms with Crippen LogP contribution >= 0.6 is 15.9 Å². The standard InChI is InChI=1S/C19H30BrN/c1-5-19(3,4)16-8-10-17(11-9-16)21-13-15-7-6-14(2)12-18(15)20/h6-7,12,16-17,21H,5,8-11,13H2,1-4H3. The summed E-state index contributed by atoms with van der Waals surface area (Å²) in [6, 6.07) is 7.33.